The molecule has 10 heavy (non-hydrogen) atoms. The van der Waals surface area contributed by atoms with Crippen LogP contribution in [0.2, 0.25) is 0 Å². The van der Waals surface area contributed by atoms with Crippen molar-refractivity contribution in [3.05, 3.63) is 0 Å². The maximum absolute atomic E-state index is 3.52. The molecule has 2 heteroatoms. The third-order valence-electron chi connectivity index (χ3n) is 2.92. The number of hydrogen-bond donors (Lipinski definition) is 2. The van der Waals surface area contributed by atoms with Gasteiger partial charge >= 0.3 is 0 Å². The zero-order valence-corrected chi connectivity index (χ0v) is 6.56. The molecule has 1 aliphatic carbocycles. The summed E-state index contributed by atoms with van der Waals surface area (Å²) in [6.07, 6.45) is 2.80. The predicted molar refractivity (Wildman–Crippen MR) is 41.9 cm³/mol. The molecule has 2 N–H and O–H groups in total. The zero-order valence-electron chi connectivity index (χ0n) is 6.56. The number of nitrogens with one attached hydrogen (secondary N) is 2. The zero-order chi connectivity index (χ0) is 6.97. The second kappa shape index (κ2) is 2.51. The molecule has 1 saturated heterocycles. The van der Waals surface area contributed by atoms with Crippen molar-refractivity contribution < 1.29 is 0 Å². The van der Waals surface area contributed by atoms with Gasteiger partial charge in [0.2, 0.25) is 0 Å². The molecule has 0 spiro atoms. The third-order valence-corrected chi connectivity index (χ3v) is 2.92. The molecule has 58 valence electrons. The maximum atomic E-state index is 3.52. The van der Waals surface area contributed by atoms with E-state index in [9.17, 15) is 0 Å². The molecule has 0 radical (unpaired) electrons. The number of piperidine rings is 1. The molecule has 2 rings (SSSR count). The summed E-state index contributed by atoms with van der Waals surface area (Å²) in [5.41, 5.74) is 0. The van der Waals surface area contributed by atoms with E-state index in [4.69, 9.17) is 0 Å². The molecule has 2 aliphatic rings. The predicted octanol–water partition coefficient (Wildman–Crippen LogP) is 0.204. The van der Waals surface area contributed by atoms with Crippen molar-refractivity contribution in [3.8, 4) is 0 Å². The van der Waals surface area contributed by atoms with Crippen LogP contribution in [0.5, 0.6) is 0 Å². The van der Waals surface area contributed by atoms with Crippen molar-refractivity contribution in [2.75, 3.05) is 20.1 Å². The molecule has 0 aromatic heterocycles. The van der Waals surface area contributed by atoms with Gasteiger partial charge in [-0.05, 0) is 44.8 Å². The monoisotopic (exact) mass is 140 g/mol. The van der Waals surface area contributed by atoms with Crippen molar-refractivity contribution in [3.63, 3.8) is 0 Å². The van der Waals surface area contributed by atoms with Crippen LogP contribution in [0.3, 0.4) is 0 Å². The van der Waals surface area contributed by atoms with E-state index < -0.39 is 0 Å². The van der Waals surface area contributed by atoms with Gasteiger partial charge in [-0.15, -0.1) is 0 Å². The second-order valence-corrected chi connectivity index (χ2v) is 3.49. The Morgan fingerprint density at radius 3 is 3.10 bits per heavy atom. The van der Waals surface area contributed by atoms with E-state index in [2.05, 4.69) is 10.6 Å². The largest absolute Gasteiger partial charge is 0.320 e. The van der Waals surface area contributed by atoms with Crippen LogP contribution < -0.4 is 10.6 Å². The van der Waals surface area contributed by atoms with Crippen molar-refractivity contribution >= 4 is 0 Å². The van der Waals surface area contributed by atoms with Gasteiger partial charge in [-0.2, -0.15) is 0 Å². The first kappa shape index (κ1) is 6.62. The highest BCUT2D eigenvalue weighted by Crippen LogP contribution is 2.47. The van der Waals surface area contributed by atoms with Crippen LogP contribution in [0.25, 0.3) is 0 Å². The lowest BCUT2D eigenvalue weighted by molar-refractivity contribution is 0.548. The van der Waals surface area contributed by atoms with Crippen LogP contribution in [-0.2, 0) is 0 Å². The van der Waals surface area contributed by atoms with Gasteiger partial charge in [0.05, 0.1) is 0 Å². The van der Waals surface area contributed by atoms with Gasteiger partial charge < -0.3 is 10.6 Å². The summed E-state index contributed by atoms with van der Waals surface area (Å²) in [5.74, 6) is 2.06. The summed E-state index contributed by atoms with van der Waals surface area (Å²) in [6.45, 7) is 2.46. The van der Waals surface area contributed by atoms with E-state index in [1.54, 1.807) is 0 Å². The molecule has 3 atom stereocenters. The topological polar surface area (TPSA) is 24.1 Å². The molecule has 1 saturated carbocycles. The Morgan fingerprint density at radius 2 is 2.50 bits per heavy atom. The maximum Gasteiger partial charge on any atom is 0.0131 e. The molecule has 1 aliphatic heterocycles. The minimum Gasteiger partial charge on any atom is -0.320 e. The Labute approximate surface area is 62.4 Å². The van der Waals surface area contributed by atoms with Crippen LogP contribution in [-0.4, -0.2) is 26.2 Å². The van der Waals surface area contributed by atoms with E-state index in [0.717, 1.165) is 17.9 Å². The summed E-state index contributed by atoms with van der Waals surface area (Å²) in [4.78, 5) is 0. The highest BCUT2D eigenvalue weighted by molar-refractivity contribution is 5.07. The molecule has 1 heterocycles. The van der Waals surface area contributed by atoms with Gasteiger partial charge in [-0.25, -0.2) is 0 Å². The Balaban J connectivity index is 1.69. The van der Waals surface area contributed by atoms with Gasteiger partial charge in [-0.3, -0.25) is 0 Å². The lowest BCUT2D eigenvalue weighted by Gasteiger charge is -2.01. The van der Waals surface area contributed by atoms with Crippen molar-refractivity contribution in [2.24, 2.45) is 11.8 Å². The molecule has 2 fully saturated rings. The summed E-state index contributed by atoms with van der Waals surface area (Å²) in [6, 6.07) is 0.911. The summed E-state index contributed by atoms with van der Waals surface area (Å²) in [7, 11) is 2.03. The fraction of sp³-hybridized carbons (Fsp3) is 1.00. The lowest BCUT2D eigenvalue weighted by Crippen LogP contribution is -2.17. The highest BCUT2D eigenvalue weighted by Gasteiger charge is 2.51. The van der Waals surface area contributed by atoms with Crippen LogP contribution >= 0.6 is 0 Å². The van der Waals surface area contributed by atoms with Gasteiger partial charge in [0.15, 0.2) is 0 Å². The van der Waals surface area contributed by atoms with E-state index in [0.29, 0.717) is 0 Å². The lowest BCUT2D eigenvalue weighted by atomic mass is 10.2. The molecule has 1 unspecified atom stereocenters. The van der Waals surface area contributed by atoms with Gasteiger partial charge in [0.25, 0.3) is 0 Å². The Morgan fingerprint density at radius 1 is 1.60 bits per heavy atom. The minimum absolute atomic E-state index is 0.911. The Kier molecular flexibility index (Phi) is 1.66. The normalized spacial score (nSPS) is 43.5. The van der Waals surface area contributed by atoms with Gasteiger partial charge in [0.1, 0.15) is 0 Å². The summed E-state index contributed by atoms with van der Waals surface area (Å²) < 4.78 is 0. The molecule has 0 amide bonds. The van der Waals surface area contributed by atoms with Crippen molar-refractivity contribution in [1.82, 2.24) is 10.6 Å². The van der Waals surface area contributed by atoms with Gasteiger partial charge in [-0.1, -0.05) is 0 Å². The van der Waals surface area contributed by atoms with Crippen molar-refractivity contribution in [2.45, 2.75) is 18.9 Å². The quantitative estimate of drug-likeness (QED) is 0.585. The fourth-order valence-corrected chi connectivity index (χ4v) is 2.26. The standard InChI is InChI=1S/C8H16N2/c1-9-4-2-6-7-3-5-10-8(6)7/h6-10H,2-5H2,1H3/t6?,7-,8+/m1/s1. The van der Waals surface area contributed by atoms with Gasteiger partial charge in [0, 0.05) is 6.04 Å². The fourth-order valence-electron chi connectivity index (χ4n) is 2.26. The molecular weight excluding hydrogens is 124 g/mol. The SMILES string of the molecule is CNCCC1[C@H]2CCN[C@@H]12. The molecule has 0 bridgehead atoms. The number of fused-ring (bicyclic) bond motifs is 1. The average molecular weight is 140 g/mol. The van der Waals surface area contributed by atoms with Crippen LogP contribution in [0.15, 0.2) is 0 Å². The Bertz CT molecular complexity index is 114. The summed E-state index contributed by atoms with van der Waals surface area (Å²) in [5, 5.41) is 6.73. The number of rotatable bonds is 3. The van der Waals surface area contributed by atoms with Crippen LogP contribution in [0, 0.1) is 11.8 Å². The molecule has 0 aromatic rings. The third kappa shape index (κ3) is 0.956. The van der Waals surface area contributed by atoms with E-state index in [-0.39, 0.29) is 0 Å². The smallest absolute Gasteiger partial charge is 0.0131 e. The molecular formula is C8H16N2. The van der Waals surface area contributed by atoms with Crippen LogP contribution in [0.1, 0.15) is 12.8 Å². The van der Waals surface area contributed by atoms with Crippen molar-refractivity contribution in [1.29, 1.82) is 0 Å². The summed E-state index contributed by atoms with van der Waals surface area (Å²) >= 11 is 0. The van der Waals surface area contributed by atoms with E-state index >= 15 is 0 Å². The van der Waals surface area contributed by atoms with E-state index in [1.807, 2.05) is 7.05 Å². The minimum atomic E-state index is 0.911. The first-order valence-electron chi connectivity index (χ1n) is 4.31. The Hall–Kier alpha value is -0.0800. The number of hydrogen-bond acceptors (Lipinski definition) is 2. The first-order valence-corrected chi connectivity index (χ1v) is 4.31. The van der Waals surface area contributed by atoms with E-state index in [1.165, 1.54) is 25.9 Å². The first-order chi connectivity index (χ1) is 4.93. The highest BCUT2D eigenvalue weighted by atomic mass is 15.0. The average Bonchev–Trinajstić information content (AvgIpc) is 2.46. The molecule has 0 aromatic carbocycles. The second-order valence-electron chi connectivity index (χ2n) is 3.49. The molecule has 2 nitrogen and oxygen atoms in total. The van der Waals surface area contributed by atoms with Crippen LogP contribution in [0.4, 0.5) is 0 Å².